The summed E-state index contributed by atoms with van der Waals surface area (Å²) in [5.74, 6) is 0.497. The molecule has 113 heavy (non-hydrogen) atoms. The van der Waals surface area contributed by atoms with Crippen LogP contribution in [0.5, 0.6) is 0 Å². The van der Waals surface area contributed by atoms with E-state index in [1.165, 1.54) is 315 Å². The fourth-order valence-electron chi connectivity index (χ4n) is 14.7. The van der Waals surface area contributed by atoms with E-state index >= 15 is 0 Å². The summed E-state index contributed by atoms with van der Waals surface area (Å²) in [6.45, 7) is 12.2. The van der Waals surface area contributed by atoms with Gasteiger partial charge in [0, 0.05) is 25.7 Å². The topological polar surface area (TPSA) is 237 Å². The molecule has 5 unspecified atom stereocenters. The predicted molar refractivity (Wildman–Crippen MR) is 469 cm³/mol. The van der Waals surface area contributed by atoms with Gasteiger partial charge in [0.25, 0.3) is 0 Å². The van der Waals surface area contributed by atoms with Crippen LogP contribution in [0.4, 0.5) is 0 Å². The maximum atomic E-state index is 13.2. The molecule has 672 valence electrons. The zero-order valence-electron chi connectivity index (χ0n) is 74.9. The molecule has 0 rings (SSSR count). The number of carbonyl (C=O) groups is 4. The van der Waals surface area contributed by atoms with Crippen LogP contribution in [0, 0.1) is 17.8 Å². The van der Waals surface area contributed by atoms with E-state index in [-0.39, 0.29) is 25.7 Å². The fraction of sp³-hybridized carbons (Fsp3) is 0.957. The fourth-order valence-corrected chi connectivity index (χ4v) is 16.3. The zero-order valence-corrected chi connectivity index (χ0v) is 76.7. The highest BCUT2D eigenvalue weighted by Gasteiger charge is 2.31. The van der Waals surface area contributed by atoms with Crippen LogP contribution < -0.4 is 0 Å². The molecule has 0 aliphatic carbocycles. The summed E-state index contributed by atoms with van der Waals surface area (Å²) in [5.41, 5.74) is 0. The van der Waals surface area contributed by atoms with E-state index < -0.39 is 97.5 Å². The Kier molecular flexibility index (Phi) is 82.3. The van der Waals surface area contributed by atoms with E-state index in [4.69, 9.17) is 37.0 Å². The molecule has 0 fully saturated rings. The van der Waals surface area contributed by atoms with E-state index in [0.717, 1.165) is 108 Å². The molecule has 3 N–H and O–H groups in total. The molecule has 0 saturated heterocycles. The SMILES string of the molecule is CCCCCCCCCCCCCC(=O)OC[C@H](COP(=O)(O)OC[C@H](O)COP(=O)(O)OC[C@@H](COC(=O)CCCCCCCCCCCCCCCCCCCCC(C)CC)OC(=O)CCCCCCCCCCCCCCCCCCCCC(C)CC)OC(=O)CCCCCCCCCCCCCCCCC(C)CC. The number of unbranched alkanes of at least 4 members (excludes halogenated alkanes) is 57. The van der Waals surface area contributed by atoms with Gasteiger partial charge in [-0.15, -0.1) is 0 Å². The van der Waals surface area contributed by atoms with E-state index in [1.54, 1.807) is 0 Å². The minimum atomic E-state index is -4.97. The lowest BCUT2D eigenvalue weighted by atomic mass is 9.99. The Labute approximate surface area is 696 Å². The maximum Gasteiger partial charge on any atom is 0.472 e. The Morgan fingerprint density at radius 3 is 0.628 bits per heavy atom. The average Bonchev–Trinajstić information content (AvgIpc) is 0.905. The molecule has 8 atom stereocenters. The summed E-state index contributed by atoms with van der Waals surface area (Å²) in [4.78, 5) is 73.5. The average molecular weight is 1650 g/mol. The standard InChI is InChI=1S/C94H184O17P2/c1-8-12-13-14-15-16-37-47-54-61-68-75-91(96)104-81-89(110-94(99)78-71-64-57-50-43-36-30-29-33-40-46-53-60-67-74-87(7)11-4)83-108-112(100,101)106-79-88(95)80-107-113(102,103)109-84-90(111-93(98)77-70-63-56-49-42-35-28-24-20-18-22-26-32-39-45-52-59-66-73-86(6)10-3)82-105-92(97)76-69-62-55-48-41-34-27-23-19-17-21-25-31-38-44-51-58-65-72-85(5)9-2/h85-90,95H,8-84H2,1-7H3,(H,100,101)(H,102,103)/t85?,86?,87?,88-,89+,90+/m0/s1. The number of ether oxygens (including phenoxy) is 4. The Balaban J connectivity index is 5.23. The first-order chi connectivity index (χ1) is 54.8. The van der Waals surface area contributed by atoms with Crippen LogP contribution in [0.25, 0.3) is 0 Å². The van der Waals surface area contributed by atoms with Gasteiger partial charge in [-0.05, 0) is 43.4 Å². The molecule has 19 heteroatoms. The second-order valence-electron chi connectivity index (χ2n) is 34.5. The smallest absolute Gasteiger partial charge is 0.462 e. The van der Waals surface area contributed by atoms with Gasteiger partial charge in [0.2, 0.25) is 0 Å². The molecule has 0 aliphatic heterocycles. The van der Waals surface area contributed by atoms with Crippen molar-refractivity contribution in [3.8, 4) is 0 Å². The number of esters is 4. The summed E-state index contributed by atoms with van der Waals surface area (Å²) in [6.07, 6.45) is 77.7. The first-order valence-electron chi connectivity index (χ1n) is 48.5. The minimum Gasteiger partial charge on any atom is -0.462 e. The third kappa shape index (κ3) is 83.5. The van der Waals surface area contributed by atoms with E-state index in [1.807, 2.05) is 0 Å². The van der Waals surface area contributed by atoms with Crippen LogP contribution in [-0.2, 0) is 65.4 Å². The van der Waals surface area contributed by atoms with E-state index in [9.17, 15) is 43.2 Å². The number of phosphoric ester groups is 2. The minimum absolute atomic E-state index is 0.108. The Morgan fingerprint density at radius 2 is 0.425 bits per heavy atom. The van der Waals surface area contributed by atoms with Crippen molar-refractivity contribution in [2.24, 2.45) is 17.8 Å². The van der Waals surface area contributed by atoms with Gasteiger partial charge in [0.1, 0.15) is 19.3 Å². The number of hydrogen-bond acceptors (Lipinski definition) is 15. The lowest BCUT2D eigenvalue weighted by Crippen LogP contribution is -2.30. The lowest BCUT2D eigenvalue weighted by Gasteiger charge is -2.21. The molecule has 17 nitrogen and oxygen atoms in total. The molecule has 0 radical (unpaired) electrons. The maximum absolute atomic E-state index is 13.2. The van der Waals surface area contributed by atoms with E-state index in [2.05, 4.69) is 48.5 Å². The highest BCUT2D eigenvalue weighted by atomic mass is 31.2. The molecule has 0 aliphatic rings. The Morgan fingerprint density at radius 1 is 0.248 bits per heavy atom. The molecule has 0 saturated carbocycles. The summed E-state index contributed by atoms with van der Waals surface area (Å²) in [6, 6.07) is 0. The summed E-state index contributed by atoms with van der Waals surface area (Å²) in [7, 11) is -9.94. The Bertz CT molecular complexity index is 2170. The van der Waals surface area contributed by atoms with Gasteiger partial charge < -0.3 is 33.8 Å². The highest BCUT2D eigenvalue weighted by molar-refractivity contribution is 7.47. The van der Waals surface area contributed by atoms with Crippen LogP contribution in [0.1, 0.15) is 504 Å². The number of carbonyl (C=O) groups excluding carboxylic acids is 4. The van der Waals surface area contributed by atoms with Crippen molar-refractivity contribution in [1.82, 2.24) is 0 Å². The number of aliphatic hydroxyl groups excluding tert-OH is 1. The second kappa shape index (κ2) is 83.7. The first-order valence-corrected chi connectivity index (χ1v) is 51.5. The van der Waals surface area contributed by atoms with Gasteiger partial charge in [-0.1, -0.05) is 453 Å². The van der Waals surface area contributed by atoms with Gasteiger partial charge in [0.05, 0.1) is 26.4 Å². The molecule has 0 aromatic heterocycles. The Hall–Kier alpha value is -1.94. The van der Waals surface area contributed by atoms with Crippen molar-refractivity contribution in [2.45, 2.75) is 523 Å². The molecule has 0 aromatic carbocycles. The quantitative estimate of drug-likeness (QED) is 0.0222. The van der Waals surface area contributed by atoms with Crippen molar-refractivity contribution < 1.29 is 80.2 Å². The van der Waals surface area contributed by atoms with Gasteiger partial charge in [-0.25, -0.2) is 9.13 Å². The van der Waals surface area contributed by atoms with E-state index in [0.29, 0.717) is 25.7 Å². The van der Waals surface area contributed by atoms with Crippen LogP contribution in [-0.4, -0.2) is 96.7 Å². The van der Waals surface area contributed by atoms with Crippen molar-refractivity contribution in [1.29, 1.82) is 0 Å². The van der Waals surface area contributed by atoms with Gasteiger partial charge in [-0.2, -0.15) is 0 Å². The van der Waals surface area contributed by atoms with Crippen molar-refractivity contribution in [3.63, 3.8) is 0 Å². The predicted octanol–water partition coefficient (Wildman–Crippen LogP) is 29.2. The molecule has 0 bridgehead atoms. The first kappa shape index (κ1) is 111. The van der Waals surface area contributed by atoms with Crippen LogP contribution in [0.2, 0.25) is 0 Å². The largest absolute Gasteiger partial charge is 0.472 e. The molecule has 0 spiro atoms. The van der Waals surface area contributed by atoms with Gasteiger partial charge >= 0.3 is 39.5 Å². The van der Waals surface area contributed by atoms with Crippen LogP contribution in [0.3, 0.4) is 0 Å². The summed E-state index contributed by atoms with van der Waals surface area (Å²) >= 11 is 0. The van der Waals surface area contributed by atoms with Gasteiger partial charge in [0.15, 0.2) is 12.2 Å². The summed E-state index contributed by atoms with van der Waals surface area (Å²) in [5, 5.41) is 10.7. The molecular weight excluding hydrogens is 1460 g/mol. The van der Waals surface area contributed by atoms with Crippen LogP contribution in [0.15, 0.2) is 0 Å². The highest BCUT2D eigenvalue weighted by Crippen LogP contribution is 2.45. The lowest BCUT2D eigenvalue weighted by molar-refractivity contribution is -0.161. The molecule has 0 aromatic rings. The van der Waals surface area contributed by atoms with Crippen LogP contribution >= 0.6 is 15.6 Å². The molecule has 0 amide bonds. The molecular formula is C94H184O17P2. The van der Waals surface area contributed by atoms with Crippen molar-refractivity contribution >= 4 is 39.5 Å². The van der Waals surface area contributed by atoms with Crippen molar-refractivity contribution in [3.05, 3.63) is 0 Å². The zero-order chi connectivity index (χ0) is 82.9. The monoisotopic (exact) mass is 1650 g/mol. The normalized spacial score (nSPS) is 14.5. The second-order valence-corrected chi connectivity index (χ2v) is 37.4. The molecule has 0 heterocycles. The summed E-state index contributed by atoms with van der Waals surface area (Å²) < 4.78 is 69.1. The third-order valence-corrected chi connectivity index (χ3v) is 25.1. The number of aliphatic hydroxyl groups is 1. The van der Waals surface area contributed by atoms with Crippen molar-refractivity contribution in [2.75, 3.05) is 39.6 Å². The number of rotatable bonds is 92. The number of hydrogen-bond donors (Lipinski definition) is 3. The van der Waals surface area contributed by atoms with Gasteiger partial charge in [-0.3, -0.25) is 37.3 Å². The number of phosphoric acid groups is 2. The third-order valence-electron chi connectivity index (χ3n) is 23.2.